The number of aromatic amines is 1. The van der Waals surface area contributed by atoms with Gasteiger partial charge in [-0.15, -0.1) is 0 Å². The molecule has 3 rings (SSSR count). The van der Waals surface area contributed by atoms with Crippen LogP contribution in [0.3, 0.4) is 0 Å². The number of hydrogen-bond donors (Lipinski definition) is 18. The molecule has 3 aromatic rings. The number of H-pyrrole nitrogens is 1. The first-order valence-corrected chi connectivity index (χ1v) is 27.0. The Hall–Kier alpha value is -7.79. The van der Waals surface area contributed by atoms with E-state index in [-0.39, 0.29) is 94.4 Å². The summed E-state index contributed by atoms with van der Waals surface area (Å²) in [7, 11) is 0. The zero-order valence-electron chi connectivity index (χ0n) is 44.1. The molecule has 0 radical (unpaired) electrons. The Labute approximate surface area is 468 Å². The van der Waals surface area contributed by atoms with Gasteiger partial charge in [-0.2, -0.15) is 25.3 Å². The minimum Gasteiger partial charge on any atom is -0.480 e. The number of carbonyl (C=O) groups excluding carboxylic acids is 8. The van der Waals surface area contributed by atoms with Gasteiger partial charge in [0.1, 0.15) is 42.3 Å². The van der Waals surface area contributed by atoms with Gasteiger partial charge in [0.15, 0.2) is 11.9 Å². The van der Waals surface area contributed by atoms with E-state index < -0.39 is 102 Å². The highest BCUT2D eigenvalue weighted by Gasteiger charge is 2.35. The molecular weight excluding hydrogens is 1060 g/mol. The first-order chi connectivity index (χ1) is 37.7. The van der Waals surface area contributed by atoms with Gasteiger partial charge in [-0.1, -0.05) is 68.3 Å². The van der Waals surface area contributed by atoms with Crippen LogP contribution in [-0.4, -0.2) is 155 Å². The predicted octanol–water partition coefficient (Wildman–Crippen LogP) is -2.64. The van der Waals surface area contributed by atoms with Crippen molar-refractivity contribution in [2.45, 2.75) is 126 Å². The number of urea groups is 1. The van der Waals surface area contributed by atoms with Crippen LogP contribution in [0.4, 0.5) is 4.79 Å². The fourth-order valence-corrected chi connectivity index (χ4v) is 8.47. The highest BCUT2D eigenvalue weighted by atomic mass is 32.1. The molecule has 0 fully saturated rings. The number of guanidine groups is 2. The summed E-state index contributed by atoms with van der Waals surface area (Å²) in [5, 5.41) is 31.3. The monoisotopic (exact) mass is 1140 g/mol. The Bertz CT molecular complexity index is 2560. The van der Waals surface area contributed by atoms with Gasteiger partial charge < -0.3 is 87.0 Å². The number of aliphatic imine (C=N–C) groups is 2. The number of carbonyl (C=O) groups is 9. The summed E-state index contributed by atoms with van der Waals surface area (Å²) in [5.74, 6) is -7.89. The van der Waals surface area contributed by atoms with Crippen LogP contribution in [0.15, 0.2) is 70.8 Å². The van der Waals surface area contributed by atoms with Crippen LogP contribution < -0.4 is 76.9 Å². The van der Waals surface area contributed by atoms with E-state index in [1.165, 1.54) is 0 Å². The maximum atomic E-state index is 14.6. The minimum absolute atomic E-state index is 0.0214. The number of carboxylic acid groups (broad SMARTS) is 1. The molecule has 79 heavy (non-hydrogen) atoms. The number of nitrogens with one attached hydrogen (secondary N) is 9. The second kappa shape index (κ2) is 34.9. The molecule has 29 heteroatoms. The maximum Gasteiger partial charge on any atom is 0.327 e. The number of carboxylic acids is 1. The van der Waals surface area contributed by atoms with Gasteiger partial charge in [0.25, 0.3) is 0 Å². The fourth-order valence-electron chi connectivity index (χ4n) is 7.97. The van der Waals surface area contributed by atoms with E-state index in [9.17, 15) is 48.3 Å². The first kappa shape index (κ1) is 65.5. The Balaban J connectivity index is 1.96. The van der Waals surface area contributed by atoms with Crippen LogP contribution in [-0.2, 0) is 51.2 Å². The van der Waals surface area contributed by atoms with Crippen LogP contribution in [0.2, 0.25) is 0 Å². The third-order valence-corrected chi connectivity index (χ3v) is 13.0. The predicted molar refractivity (Wildman–Crippen MR) is 305 cm³/mol. The molecule has 434 valence electrons. The van der Waals surface area contributed by atoms with E-state index in [2.05, 4.69) is 82.8 Å². The normalized spacial score (nSPS) is 14.0. The molecule has 9 amide bonds. The molecule has 2 aromatic carbocycles. The van der Waals surface area contributed by atoms with Crippen molar-refractivity contribution in [3.05, 3.63) is 71.9 Å². The molecule has 0 aliphatic heterocycles. The standard InChI is InChI=1S/C50H77N17O10S2/c1-2-3-16-33(61-40(68)31(51)15-9-20-57-48(52)53)43(71)66-38(26-78)46(74)63-35(19-11-22-59-50(56)77)41(69)64-36(23-28-12-5-4-6-13-28)44(72)62-34(18-10-21-58-49(54)55)42(70)65-37(45(73)67-39(27-79)47(75)76)24-29-25-60-32-17-8-7-14-30(29)32/h4-8,12-14,17,25,31,33-39,60,78-79H,2-3,9-11,15-16,18-24,26-27,51H2,1H3,(H,61,68)(H,62,72)(H,63,74)(H,64,69)(H,65,70)(H,66,71)(H,67,73)(H,75,76)(H4,52,53,57)(H4,54,55,58)(H3,56,59,77)/t31-,33-,34-,35-,36+,37-,38-,39-/m0/s1. The van der Waals surface area contributed by atoms with Crippen molar-refractivity contribution in [2.75, 3.05) is 31.1 Å². The highest BCUT2D eigenvalue weighted by molar-refractivity contribution is 7.80. The quantitative estimate of drug-likeness (QED) is 0.0123. The molecule has 0 spiro atoms. The van der Waals surface area contributed by atoms with Crippen LogP contribution in [0.1, 0.15) is 75.8 Å². The zero-order chi connectivity index (χ0) is 58.4. The van der Waals surface area contributed by atoms with Crippen molar-refractivity contribution in [2.24, 2.45) is 44.4 Å². The smallest absolute Gasteiger partial charge is 0.327 e. The lowest BCUT2D eigenvalue weighted by atomic mass is 10.0. The molecule has 22 N–H and O–H groups in total. The van der Waals surface area contributed by atoms with Crippen molar-refractivity contribution in [1.29, 1.82) is 0 Å². The summed E-state index contributed by atoms with van der Waals surface area (Å²) in [6, 6.07) is 4.36. The number of unbranched alkanes of at least 4 members (excludes halogenated alkanes) is 1. The van der Waals surface area contributed by atoms with Crippen molar-refractivity contribution >= 4 is 101 Å². The Morgan fingerprint density at radius 3 is 1.52 bits per heavy atom. The number of primary amides is 1. The number of hydrogen-bond acceptors (Lipinski definition) is 14. The summed E-state index contributed by atoms with van der Waals surface area (Å²) < 4.78 is 0. The van der Waals surface area contributed by atoms with Gasteiger partial charge in [-0.25, -0.2) is 9.59 Å². The van der Waals surface area contributed by atoms with Gasteiger partial charge in [0.05, 0.1) is 6.04 Å². The number of benzene rings is 2. The molecule has 0 aliphatic rings. The SMILES string of the molecule is CCCC[C@H](NC(=O)[C@@H](N)CCCN=C(N)N)C(=O)N[C@@H](CS)C(=O)N[C@@H](CCCNC(N)=O)C(=O)N[C@H](Cc1ccccc1)C(=O)N[C@@H](CCCN=C(N)N)C(=O)N[C@@H](Cc1c[nH]c2ccccc12)C(=O)N[C@@H](CS)C(=O)O. The van der Waals surface area contributed by atoms with Crippen molar-refractivity contribution in [3.63, 3.8) is 0 Å². The second-order valence-electron chi connectivity index (χ2n) is 18.5. The van der Waals surface area contributed by atoms with Gasteiger partial charge in [0, 0.05) is 61.1 Å². The topological polar surface area (TPSA) is 467 Å². The second-order valence-corrected chi connectivity index (χ2v) is 19.2. The molecule has 0 saturated carbocycles. The van der Waals surface area contributed by atoms with Crippen LogP contribution in [0.25, 0.3) is 10.9 Å². The largest absolute Gasteiger partial charge is 0.480 e. The Morgan fingerprint density at radius 1 is 0.544 bits per heavy atom. The number of amides is 9. The molecule has 27 nitrogen and oxygen atoms in total. The lowest BCUT2D eigenvalue weighted by molar-refractivity contribution is -0.141. The van der Waals surface area contributed by atoms with Gasteiger partial charge in [0.2, 0.25) is 41.4 Å². The molecule has 1 aromatic heterocycles. The van der Waals surface area contributed by atoms with E-state index in [4.69, 9.17) is 34.4 Å². The maximum absolute atomic E-state index is 14.6. The molecule has 1 heterocycles. The van der Waals surface area contributed by atoms with E-state index >= 15 is 0 Å². The third-order valence-electron chi connectivity index (χ3n) is 12.2. The number of aliphatic carboxylic acids is 1. The number of para-hydroxylation sites is 1. The summed E-state index contributed by atoms with van der Waals surface area (Å²) in [5.41, 5.74) is 35.2. The highest BCUT2D eigenvalue weighted by Crippen LogP contribution is 2.20. The molecule has 8 atom stereocenters. The number of rotatable bonds is 36. The van der Waals surface area contributed by atoms with Gasteiger partial charge in [-0.3, -0.25) is 43.5 Å². The van der Waals surface area contributed by atoms with Crippen molar-refractivity contribution in [1.82, 2.24) is 47.5 Å². The Morgan fingerprint density at radius 2 is 0.987 bits per heavy atom. The van der Waals surface area contributed by atoms with E-state index in [1.807, 2.05) is 13.0 Å². The minimum atomic E-state index is -1.44. The van der Waals surface area contributed by atoms with Crippen molar-refractivity contribution < 1.29 is 48.3 Å². The van der Waals surface area contributed by atoms with E-state index in [0.717, 1.165) is 10.9 Å². The number of nitrogens with two attached hydrogens (primary N) is 6. The Kier molecular flexibility index (Phi) is 28.9. The lowest BCUT2D eigenvalue weighted by Crippen LogP contribution is -2.61. The zero-order valence-corrected chi connectivity index (χ0v) is 45.9. The fraction of sp³-hybridized carbons (Fsp3) is 0.500. The average molecular weight is 1140 g/mol. The number of nitrogens with zero attached hydrogens (tertiary/aromatic N) is 2. The van der Waals surface area contributed by atoms with E-state index in [1.54, 1.807) is 54.7 Å². The van der Waals surface area contributed by atoms with Gasteiger partial charge >= 0.3 is 12.0 Å². The molecule has 0 bridgehead atoms. The summed E-state index contributed by atoms with van der Waals surface area (Å²) >= 11 is 8.37. The molecule has 0 aliphatic carbocycles. The summed E-state index contributed by atoms with van der Waals surface area (Å²) in [6.07, 6.45) is 3.35. The van der Waals surface area contributed by atoms with Crippen molar-refractivity contribution in [3.8, 4) is 0 Å². The number of fused-ring (bicyclic) bond motifs is 1. The summed E-state index contributed by atoms with van der Waals surface area (Å²) in [6.45, 7) is 2.13. The van der Waals surface area contributed by atoms with Crippen LogP contribution >= 0.6 is 25.3 Å². The molecule has 0 unspecified atom stereocenters. The number of thiol groups is 2. The molecular formula is C50H77N17O10S2. The molecule has 0 saturated heterocycles. The average Bonchev–Trinajstić information content (AvgIpc) is 3.83. The number of aromatic nitrogens is 1. The third kappa shape index (κ3) is 23.8. The van der Waals surface area contributed by atoms with Crippen LogP contribution in [0, 0.1) is 0 Å². The first-order valence-electron chi connectivity index (χ1n) is 25.7. The van der Waals surface area contributed by atoms with Gasteiger partial charge in [-0.05, 0) is 62.1 Å². The van der Waals surface area contributed by atoms with E-state index in [0.29, 0.717) is 30.4 Å². The lowest BCUT2D eigenvalue weighted by Gasteiger charge is -2.28. The van der Waals surface area contributed by atoms with Crippen LogP contribution in [0.5, 0.6) is 0 Å². The summed E-state index contributed by atoms with van der Waals surface area (Å²) in [4.78, 5) is 133.